The van der Waals surface area contributed by atoms with E-state index in [2.05, 4.69) is 10.2 Å². The van der Waals surface area contributed by atoms with Gasteiger partial charge >= 0.3 is 5.97 Å². The van der Waals surface area contributed by atoms with Crippen molar-refractivity contribution in [3.05, 3.63) is 82.6 Å². The Kier molecular flexibility index (Phi) is 5.17. The summed E-state index contributed by atoms with van der Waals surface area (Å²) in [5, 5.41) is 1.23. The topological polar surface area (TPSA) is 88.9 Å². The molecule has 1 saturated heterocycles. The molecule has 1 N–H and O–H groups in total. The molecule has 156 valence electrons. The normalized spacial score (nSPS) is 14.8. The van der Waals surface area contributed by atoms with Crippen LogP contribution in [0.3, 0.4) is 0 Å². The summed E-state index contributed by atoms with van der Waals surface area (Å²) in [6, 6.07) is 15.7. The minimum atomic E-state index is -0.497. The van der Waals surface area contributed by atoms with Crippen molar-refractivity contribution in [3.8, 4) is 11.3 Å². The minimum Gasteiger partial charge on any atom is -0.465 e. The number of furan rings is 1. The van der Waals surface area contributed by atoms with E-state index in [4.69, 9.17) is 4.42 Å². The summed E-state index contributed by atoms with van der Waals surface area (Å²) >= 11 is 0. The first-order chi connectivity index (χ1) is 14.9. The summed E-state index contributed by atoms with van der Waals surface area (Å²) in [5.74, 6) is -0.458. The number of methoxy groups -OCH3 is 1. The summed E-state index contributed by atoms with van der Waals surface area (Å²) < 4.78 is 10.5. The molecular formula is C24H20N2O5. The summed E-state index contributed by atoms with van der Waals surface area (Å²) in [4.78, 5) is 36.8. The van der Waals surface area contributed by atoms with E-state index in [1.54, 1.807) is 42.5 Å². The lowest BCUT2D eigenvalue weighted by Crippen LogP contribution is -2.35. The summed E-state index contributed by atoms with van der Waals surface area (Å²) in [6.45, 7) is 3.92. The minimum absolute atomic E-state index is 0.0137. The molecule has 7 nitrogen and oxygen atoms in total. The lowest BCUT2D eigenvalue weighted by molar-refractivity contribution is -0.117. The third-order valence-corrected chi connectivity index (χ3v) is 5.14. The van der Waals surface area contributed by atoms with E-state index in [9.17, 15) is 14.4 Å². The fourth-order valence-corrected chi connectivity index (χ4v) is 3.22. The Hall–Kier alpha value is -4.13. The highest BCUT2D eigenvalue weighted by atomic mass is 16.5. The van der Waals surface area contributed by atoms with Crippen LogP contribution in [0.15, 0.2) is 64.6 Å². The maximum absolute atomic E-state index is 12.8. The molecule has 2 amide bonds. The van der Waals surface area contributed by atoms with Crippen molar-refractivity contribution in [2.45, 2.75) is 13.8 Å². The van der Waals surface area contributed by atoms with Crippen molar-refractivity contribution in [1.29, 1.82) is 0 Å². The zero-order chi connectivity index (χ0) is 22.1. The van der Waals surface area contributed by atoms with Gasteiger partial charge in [-0.15, -0.1) is 0 Å². The van der Waals surface area contributed by atoms with E-state index in [1.165, 1.54) is 18.2 Å². The molecule has 0 spiro atoms. The van der Waals surface area contributed by atoms with Gasteiger partial charge in [0.15, 0.2) is 0 Å². The number of carbonyl (C=O) groups excluding carboxylic acids is 3. The van der Waals surface area contributed by atoms with Crippen molar-refractivity contribution in [2.75, 3.05) is 12.1 Å². The van der Waals surface area contributed by atoms with Gasteiger partial charge in [0.05, 0.1) is 18.4 Å². The third-order valence-electron chi connectivity index (χ3n) is 5.14. The number of carbonyl (C=O) groups is 3. The molecule has 0 radical (unpaired) electrons. The predicted molar refractivity (Wildman–Crippen MR) is 115 cm³/mol. The molecule has 7 heteroatoms. The monoisotopic (exact) mass is 416 g/mol. The van der Waals surface area contributed by atoms with Crippen LogP contribution in [0.5, 0.6) is 0 Å². The number of hydrazine groups is 1. The van der Waals surface area contributed by atoms with E-state index < -0.39 is 17.8 Å². The Morgan fingerprint density at radius 3 is 2.42 bits per heavy atom. The van der Waals surface area contributed by atoms with Crippen LogP contribution in [0.1, 0.15) is 27.2 Å². The number of hydrogen-bond acceptors (Lipinski definition) is 5. The number of ether oxygens (including phenoxy) is 1. The Labute approximate surface area is 178 Å². The number of hydrogen-bond donors (Lipinski definition) is 1. The van der Waals surface area contributed by atoms with Gasteiger partial charge in [0.1, 0.15) is 17.1 Å². The van der Waals surface area contributed by atoms with Gasteiger partial charge in [0, 0.05) is 5.56 Å². The average molecular weight is 416 g/mol. The lowest BCUT2D eigenvalue weighted by atomic mass is 10.1. The Balaban J connectivity index is 1.57. The second kappa shape index (κ2) is 7.95. The van der Waals surface area contributed by atoms with Crippen LogP contribution >= 0.6 is 0 Å². The second-order valence-corrected chi connectivity index (χ2v) is 7.18. The van der Waals surface area contributed by atoms with Gasteiger partial charge in [-0.2, -0.15) is 0 Å². The maximum Gasteiger partial charge on any atom is 0.337 e. The number of aryl methyl sites for hydroxylation is 2. The first-order valence-electron chi connectivity index (χ1n) is 9.60. The molecule has 1 aliphatic rings. The SMILES string of the molecule is COC(=O)c1ccc(-c2ccc(C=C3C(=O)NN(c4ccc(C)c(C)c4)C3=O)o2)cc1. The number of nitrogens with one attached hydrogen (secondary N) is 1. The van der Waals surface area contributed by atoms with E-state index >= 15 is 0 Å². The van der Waals surface area contributed by atoms with E-state index in [0.29, 0.717) is 22.8 Å². The van der Waals surface area contributed by atoms with E-state index in [0.717, 1.165) is 16.7 Å². The van der Waals surface area contributed by atoms with Crippen LogP contribution in [0, 0.1) is 13.8 Å². The summed E-state index contributed by atoms with van der Waals surface area (Å²) in [6.07, 6.45) is 1.42. The molecule has 0 aliphatic carbocycles. The molecular weight excluding hydrogens is 396 g/mol. The molecule has 0 atom stereocenters. The van der Waals surface area contributed by atoms with Gasteiger partial charge in [-0.25, -0.2) is 9.80 Å². The van der Waals surface area contributed by atoms with Gasteiger partial charge in [0.25, 0.3) is 11.8 Å². The Bertz CT molecular complexity index is 1220. The van der Waals surface area contributed by atoms with Gasteiger partial charge in [-0.1, -0.05) is 18.2 Å². The molecule has 1 aliphatic heterocycles. The number of amides is 2. The quantitative estimate of drug-likeness (QED) is 0.397. The predicted octanol–water partition coefficient (Wildman–Crippen LogP) is 3.81. The molecule has 1 fully saturated rings. The molecule has 0 unspecified atom stereocenters. The van der Waals surface area contributed by atoms with Crippen LogP contribution in [0.4, 0.5) is 5.69 Å². The maximum atomic E-state index is 12.8. The van der Waals surface area contributed by atoms with Crippen molar-refractivity contribution in [2.24, 2.45) is 0 Å². The largest absolute Gasteiger partial charge is 0.465 e. The Morgan fingerprint density at radius 2 is 1.74 bits per heavy atom. The molecule has 31 heavy (non-hydrogen) atoms. The highest BCUT2D eigenvalue weighted by molar-refractivity contribution is 6.31. The lowest BCUT2D eigenvalue weighted by Gasteiger charge is -2.15. The second-order valence-electron chi connectivity index (χ2n) is 7.18. The van der Waals surface area contributed by atoms with Gasteiger partial charge < -0.3 is 9.15 Å². The number of esters is 1. The van der Waals surface area contributed by atoms with Crippen molar-refractivity contribution < 1.29 is 23.5 Å². The third kappa shape index (κ3) is 3.85. The van der Waals surface area contributed by atoms with Crippen LogP contribution in [-0.2, 0) is 14.3 Å². The molecule has 0 saturated carbocycles. The standard InChI is InChI=1S/C24H20N2O5/c1-14-4-9-18(12-15(14)2)26-23(28)20(22(27)25-26)13-19-10-11-21(31-19)16-5-7-17(8-6-16)24(29)30-3/h4-13H,1-3H3,(H,25,27). The zero-order valence-corrected chi connectivity index (χ0v) is 17.3. The van der Waals surface area contributed by atoms with Gasteiger partial charge in [0.2, 0.25) is 0 Å². The van der Waals surface area contributed by atoms with E-state index in [1.807, 2.05) is 26.0 Å². The highest BCUT2D eigenvalue weighted by Gasteiger charge is 2.34. The number of benzene rings is 2. The van der Waals surface area contributed by atoms with Crippen molar-refractivity contribution in [1.82, 2.24) is 5.43 Å². The van der Waals surface area contributed by atoms with E-state index in [-0.39, 0.29) is 5.57 Å². The fourth-order valence-electron chi connectivity index (χ4n) is 3.22. The smallest absolute Gasteiger partial charge is 0.337 e. The zero-order valence-electron chi connectivity index (χ0n) is 17.3. The molecule has 2 aromatic carbocycles. The summed E-state index contributed by atoms with van der Waals surface area (Å²) in [7, 11) is 1.32. The number of rotatable bonds is 4. The molecule has 1 aromatic heterocycles. The Morgan fingerprint density at radius 1 is 1.00 bits per heavy atom. The fraction of sp³-hybridized carbons (Fsp3) is 0.125. The van der Waals surface area contributed by atoms with Crippen molar-refractivity contribution in [3.63, 3.8) is 0 Å². The summed E-state index contributed by atoms with van der Waals surface area (Å²) in [5.41, 5.74) is 6.46. The van der Waals surface area contributed by atoms with Crippen LogP contribution in [-0.4, -0.2) is 24.9 Å². The van der Waals surface area contributed by atoms with Crippen LogP contribution in [0.2, 0.25) is 0 Å². The van der Waals surface area contributed by atoms with Gasteiger partial charge in [-0.05, 0) is 67.4 Å². The first kappa shape index (κ1) is 20.2. The molecule has 4 rings (SSSR count). The average Bonchev–Trinajstić information content (AvgIpc) is 3.35. The van der Waals surface area contributed by atoms with Crippen molar-refractivity contribution >= 4 is 29.5 Å². The molecule has 0 bridgehead atoms. The number of nitrogens with zero attached hydrogens (tertiary/aromatic N) is 1. The van der Waals surface area contributed by atoms with Gasteiger partial charge in [-0.3, -0.25) is 15.0 Å². The van der Waals surface area contributed by atoms with Crippen LogP contribution in [0.25, 0.3) is 17.4 Å². The highest BCUT2D eigenvalue weighted by Crippen LogP contribution is 2.27. The molecule has 2 heterocycles. The number of anilines is 1. The van der Waals surface area contributed by atoms with Crippen LogP contribution < -0.4 is 10.4 Å². The first-order valence-corrected chi connectivity index (χ1v) is 9.60. The molecule has 3 aromatic rings.